The molecule has 1 atom stereocenters. The lowest BCUT2D eigenvalue weighted by Crippen LogP contribution is -2.43. The quantitative estimate of drug-likeness (QED) is 0.303. The van der Waals surface area contributed by atoms with Gasteiger partial charge < -0.3 is 10.0 Å². The number of anilines is 1. The van der Waals surface area contributed by atoms with E-state index in [2.05, 4.69) is 0 Å². The van der Waals surface area contributed by atoms with Crippen molar-refractivity contribution in [3.8, 4) is 11.3 Å². The van der Waals surface area contributed by atoms with Crippen molar-refractivity contribution in [2.24, 2.45) is 7.05 Å². The molecular formula is C31H39F3N8O4S. The van der Waals surface area contributed by atoms with Gasteiger partial charge in [-0.2, -0.15) is 22.6 Å². The molecule has 4 aromatic rings. The Morgan fingerprint density at radius 1 is 1.06 bits per heavy atom. The number of piperidine rings is 1. The van der Waals surface area contributed by atoms with Gasteiger partial charge in [0.05, 0.1) is 23.0 Å². The Morgan fingerprint density at radius 3 is 2.36 bits per heavy atom. The maximum absolute atomic E-state index is 13.2. The molecular weight excluding hydrogens is 637 g/mol. The summed E-state index contributed by atoms with van der Waals surface area (Å²) in [6.45, 7) is 1.80. The number of fused-ring (bicyclic) bond motifs is 2. The van der Waals surface area contributed by atoms with Crippen LogP contribution in [0.1, 0.15) is 42.1 Å². The van der Waals surface area contributed by atoms with Gasteiger partial charge in [0.1, 0.15) is 12.0 Å². The van der Waals surface area contributed by atoms with Crippen molar-refractivity contribution >= 4 is 27.0 Å². The number of rotatable bonds is 8. The molecule has 1 N–H and O–H groups in total. The average Bonchev–Trinajstić information content (AvgIpc) is 3.52. The van der Waals surface area contributed by atoms with Crippen LogP contribution in [0.5, 0.6) is 0 Å². The summed E-state index contributed by atoms with van der Waals surface area (Å²) >= 11 is 0. The van der Waals surface area contributed by atoms with Crippen LogP contribution in [-0.2, 0) is 42.8 Å². The van der Waals surface area contributed by atoms with Crippen molar-refractivity contribution in [2.45, 2.75) is 57.2 Å². The molecule has 0 bridgehead atoms. The number of pyridine rings is 1. The van der Waals surface area contributed by atoms with Gasteiger partial charge in [-0.25, -0.2) is 18.2 Å². The summed E-state index contributed by atoms with van der Waals surface area (Å²) in [6, 6.07) is 8.42. The molecule has 1 unspecified atom stereocenters. The highest BCUT2D eigenvalue weighted by Gasteiger charge is 2.33. The summed E-state index contributed by atoms with van der Waals surface area (Å²) in [5.74, 6) is 0.760. The van der Waals surface area contributed by atoms with E-state index in [0.29, 0.717) is 67.8 Å². The standard InChI is InChI=1S/C31H39F3N8O4S/c1-37(2)26-10-9-25-29(35-26)42(30(44)38(25)3)22-11-15-39(16-12-22)27(43)14-18-41-24-13-17-40(47(4,45)46)19-23(24)28(36-41)20-5-7-21(8-6-20)31(32,33)34/h5-10,22,27,43H,11-19H2,1-4H3. The third-order valence-corrected chi connectivity index (χ3v) is 10.6. The Hall–Kier alpha value is -3.73. The molecule has 254 valence electrons. The Morgan fingerprint density at radius 2 is 1.74 bits per heavy atom. The number of hydrogen-bond donors (Lipinski definition) is 1. The fourth-order valence-corrected chi connectivity index (χ4v) is 7.44. The lowest BCUT2D eigenvalue weighted by molar-refractivity contribution is -0.137. The fourth-order valence-electron chi connectivity index (χ4n) is 6.65. The Kier molecular flexibility index (Phi) is 8.74. The lowest BCUT2D eigenvalue weighted by Gasteiger charge is -2.35. The Labute approximate surface area is 270 Å². The Balaban J connectivity index is 1.17. The van der Waals surface area contributed by atoms with E-state index >= 15 is 0 Å². The number of alkyl halides is 3. The summed E-state index contributed by atoms with van der Waals surface area (Å²) in [5.41, 5.74) is 2.87. The average molecular weight is 677 g/mol. The number of imidazole rings is 1. The van der Waals surface area contributed by atoms with E-state index in [9.17, 15) is 31.5 Å². The number of sulfonamides is 1. The predicted octanol–water partition coefficient (Wildman–Crippen LogP) is 3.05. The van der Waals surface area contributed by atoms with Gasteiger partial charge in [0.25, 0.3) is 0 Å². The highest BCUT2D eigenvalue weighted by molar-refractivity contribution is 7.88. The predicted molar refractivity (Wildman–Crippen MR) is 171 cm³/mol. The molecule has 0 amide bonds. The van der Waals surface area contributed by atoms with Crippen LogP contribution >= 0.6 is 0 Å². The van der Waals surface area contributed by atoms with Crippen LogP contribution in [0.3, 0.4) is 0 Å². The maximum atomic E-state index is 13.2. The molecule has 2 aliphatic rings. The first kappa shape index (κ1) is 33.2. The van der Waals surface area contributed by atoms with Crippen molar-refractivity contribution in [2.75, 3.05) is 44.9 Å². The fraction of sp³-hybridized carbons (Fsp3) is 0.516. The zero-order valence-electron chi connectivity index (χ0n) is 26.8. The molecule has 12 nitrogen and oxygen atoms in total. The van der Waals surface area contributed by atoms with Gasteiger partial charge in [0, 0.05) is 89.6 Å². The van der Waals surface area contributed by atoms with Crippen LogP contribution in [0, 0.1) is 0 Å². The minimum absolute atomic E-state index is 0.0678. The summed E-state index contributed by atoms with van der Waals surface area (Å²) in [5, 5.41) is 15.9. The minimum Gasteiger partial charge on any atom is -0.378 e. The van der Waals surface area contributed by atoms with Gasteiger partial charge in [-0.15, -0.1) is 0 Å². The molecule has 1 saturated heterocycles. The van der Waals surface area contributed by atoms with E-state index in [1.807, 2.05) is 36.0 Å². The first-order chi connectivity index (χ1) is 22.1. The highest BCUT2D eigenvalue weighted by atomic mass is 32.2. The second kappa shape index (κ2) is 12.4. The van der Waals surface area contributed by atoms with Gasteiger partial charge >= 0.3 is 11.9 Å². The van der Waals surface area contributed by atoms with Crippen molar-refractivity contribution < 1.29 is 26.7 Å². The Bertz CT molecular complexity index is 1940. The van der Waals surface area contributed by atoms with Crippen LogP contribution < -0.4 is 10.6 Å². The monoisotopic (exact) mass is 676 g/mol. The van der Waals surface area contributed by atoms with Gasteiger partial charge in [-0.3, -0.25) is 18.7 Å². The molecule has 0 aliphatic carbocycles. The third-order valence-electron chi connectivity index (χ3n) is 9.32. The molecule has 6 rings (SSSR count). The molecule has 47 heavy (non-hydrogen) atoms. The molecule has 5 heterocycles. The number of aliphatic hydroxyl groups is 1. The summed E-state index contributed by atoms with van der Waals surface area (Å²) in [7, 11) is 2.05. The van der Waals surface area contributed by atoms with Gasteiger partial charge in [0.2, 0.25) is 10.0 Å². The van der Waals surface area contributed by atoms with E-state index in [-0.39, 0.29) is 24.8 Å². The topological polar surface area (TPSA) is 122 Å². The van der Waals surface area contributed by atoms with Crippen molar-refractivity contribution in [1.29, 1.82) is 0 Å². The third kappa shape index (κ3) is 6.43. The van der Waals surface area contributed by atoms with Crippen LogP contribution in [-0.4, -0.2) is 92.8 Å². The second-order valence-electron chi connectivity index (χ2n) is 12.6. The lowest BCUT2D eigenvalue weighted by atomic mass is 10.0. The zero-order chi connectivity index (χ0) is 33.8. The molecule has 1 aromatic carbocycles. The molecule has 0 radical (unpaired) electrons. The minimum atomic E-state index is -4.48. The van der Waals surface area contributed by atoms with Crippen molar-refractivity contribution in [3.63, 3.8) is 0 Å². The number of halogens is 3. The maximum Gasteiger partial charge on any atom is 0.416 e. The smallest absolute Gasteiger partial charge is 0.378 e. The van der Waals surface area contributed by atoms with Gasteiger partial charge in [-0.05, 0) is 37.1 Å². The van der Waals surface area contributed by atoms with Gasteiger partial charge in [0.15, 0.2) is 5.65 Å². The SMILES string of the molecule is CN(C)c1ccc2c(n1)n(C1CCN(C(O)CCn3nc(-c4ccc(C(F)(F)F)cc4)c4c3CCN(S(C)(=O)=O)C4)CC1)c(=O)n2C. The first-order valence-corrected chi connectivity index (χ1v) is 17.4. The summed E-state index contributed by atoms with van der Waals surface area (Å²) in [6.07, 6.45) is -2.10. The molecule has 2 aliphatic heterocycles. The first-order valence-electron chi connectivity index (χ1n) is 15.5. The van der Waals surface area contributed by atoms with Crippen LogP contribution in [0.2, 0.25) is 0 Å². The zero-order valence-corrected chi connectivity index (χ0v) is 27.6. The number of aliphatic hydroxyl groups excluding tert-OH is 1. The molecule has 0 spiro atoms. The number of likely N-dealkylation sites (tertiary alicyclic amines) is 1. The van der Waals surface area contributed by atoms with Crippen LogP contribution in [0.4, 0.5) is 19.0 Å². The summed E-state index contributed by atoms with van der Waals surface area (Å²) in [4.78, 5) is 21.8. The number of nitrogens with zero attached hydrogens (tertiary/aromatic N) is 8. The summed E-state index contributed by atoms with van der Waals surface area (Å²) < 4.78 is 70.8. The number of aryl methyl sites for hydroxylation is 2. The van der Waals surface area contributed by atoms with Crippen molar-refractivity contribution in [3.05, 3.63) is 63.7 Å². The van der Waals surface area contributed by atoms with E-state index in [0.717, 1.165) is 35.4 Å². The number of aromatic nitrogens is 5. The van der Waals surface area contributed by atoms with Crippen LogP contribution in [0.25, 0.3) is 22.4 Å². The molecule has 1 fully saturated rings. The second-order valence-corrected chi connectivity index (χ2v) is 14.6. The normalized spacial score (nSPS) is 17.7. The van der Waals surface area contributed by atoms with E-state index < -0.39 is 28.0 Å². The molecule has 3 aromatic heterocycles. The molecule has 0 saturated carbocycles. The van der Waals surface area contributed by atoms with Crippen LogP contribution in [0.15, 0.2) is 41.2 Å². The largest absolute Gasteiger partial charge is 0.416 e. The van der Waals surface area contributed by atoms with E-state index in [1.54, 1.807) is 20.9 Å². The highest BCUT2D eigenvalue weighted by Crippen LogP contribution is 2.35. The number of hydrogen-bond acceptors (Lipinski definition) is 8. The van der Waals surface area contributed by atoms with E-state index in [1.165, 1.54) is 16.4 Å². The van der Waals surface area contributed by atoms with E-state index in [4.69, 9.17) is 10.1 Å². The molecule has 16 heteroatoms. The van der Waals surface area contributed by atoms with Crippen molar-refractivity contribution in [1.82, 2.24) is 33.1 Å². The van der Waals surface area contributed by atoms with Gasteiger partial charge in [-0.1, -0.05) is 12.1 Å². The number of benzene rings is 1.